The third-order valence-electron chi connectivity index (χ3n) is 3.32. The highest BCUT2D eigenvalue weighted by Gasteiger charge is 2.40. The Kier molecular flexibility index (Phi) is 5.51. The molecule has 1 aromatic rings. The number of aliphatic hydroxyl groups is 1. The van der Waals surface area contributed by atoms with Crippen molar-refractivity contribution in [3.8, 4) is 0 Å². The van der Waals surface area contributed by atoms with Gasteiger partial charge in [-0.15, -0.1) is 0 Å². The lowest BCUT2D eigenvalue weighted by Crippen LogP contribution is -2.45. The van der Waals surface area contributed by atoms with Gasteiger partial charge in [-0.25, -0.2) is 4.79 Å². The fraction of sp³-hybridized carbons (Fsp3) is 0.500. The van der Waals surface area contributed by atoms with E-state index >= 15 is 0 Å². The van der Waals surface area contributed by atoms with Crippen LogP contribution in [0, 0.1) is 3.57 Å². The van der Waals surface area contributed by atoms with Gasteiger partial charge in [0, 0.05) is 15.7 Å². The number of rotatable bonds is 2. The van der Waals surface area contributed by atoms with Crippen molar-refractivity contribution in [3.05, 3.63) is 27.8 Å². The molecule has 2 amide bonds. The van der Waals surface area contributed by atoms with Crippen LogP contribution >= 0.6 is 22.6 Å². The number of anilines is 1. The molecule has 1 saturated heterocycles. The van der Waals surface area contributed by atoms with Crippen LogP contribution in [0.2, 0.25) is 0 Å². The number of β-amino-alcohol motifs (C(OH)–C–C–N with tert-alkyl or cyclic N) is 1. The van der Waals surface area contributed by atoms with E-state index in [1.54, 1.807) is 32.9 Å². The molecule has 1 aliphatic heterocycles. The number of hydrogen-bond donors (Lipinski definition) is 2. The first-order valence-corrected chi connectivity index (χ1v) is 8.48. The van der Waals surface area contributed by atoms with Crippen molar-refractivity contribution in [3.63, 3.8) is 0 Å². The molecule has 1 aromatic carbocycles. The molecular formula is C16H21IN2O4. The average molecular weight is 432 g/mol. The van der Waals surface area contributed by atoms with Crippen LogP contribution in [-0.4, -0.2) is 46.3 Å². The second-order valence-corrected chi connectivity index (χ2v) is 7.78. The third kappa shape index (κ3) is 5.07. The monoisotopic (exact) mass is 432 g/mol. The van der Waals surface area contributed by atoms with Gasteiger partial charge in [0.2, 0.25) is 5.91 Å². The fourth-order valence-electron chi connectivity index (χ4n) is 2.34. The minimum atomic E-state index is -0.737. The zero-order chi connectivity index (χ0) is 17.2. The number of halogens is 1. The molecule has 0 aliphatic carbocycles. The second-order valence-electron chi connectivity index (χ2n) is 6.53. The Hall–Kier alpha value is -1.35. The molecule has 2 rings (SSSR count). The van der Waals surface area contributed by atoms with Crippen molar-refractivity contribution in [1.82, 2.24) is 4.90 Å². The molecule has 1 heterocycles. The van der Waals surface area contributed by atoms with E-state index in [0.717, 1.165) is 3.57 Å². The first-order chi connectivity index (χ1) is 10.7. The van der Waals surface area contributed by atoms with Crippen molar-refractivity contribution in [1.29, 1.82) is 0 Å². The van der Waals surface area contributed by atoms with E-state index in [4.69, 9.17) is 4.74 Å². The van der Waals surface area contributed by atoms with Crippen molar-refractivity contribution in [2.45, 2.75) is 44.9 Å². The van der Waals surface area contributed by atoms with Crippen molar-refractivity contribution in [2.24, 2.45) is 0 Å². The quantitative estimate of drug-likeness (QED) is 0.705. The van der Waals surface area contributed by atoms with Gasteiger partial charge in [0.25, 0.3) is 0 Å². The fourth-order valence-corrected chi connectivity index (χ4v) is 2.70. The van der Waals surface area contributed by atoms with Crippen LogP contribution in [0.15, 0.2) is 24.3 Å². The SMILES string of the molecule is CC(C)(C)OC(=O)N1C[C@H](O)C[C@@H]1C(=O)Nc1ccc(I)cc1. The molecule has 126 valence electrons. The summed E-state index contributed by atoms with van der Waals surface area (Å²) < 4.78 is 6.37. The minimum absolute atomic E-state index is 0.0969. The van der Waals surface area contributed by atoms with E-state index in [9.17, 15) is 14.7 Å². The summed E-state index contributed by atoms with van der Waals surface area (Å²) in [6.07, 6.45) is -1.11. The van der Waals surface area contributed by atoms with Crippen LogP contribution in [0.3, 0.4) is 0 Å². The van der Waals surface area contributed by atoms with Crippen LogP contribution < -0.4 is 5.32 Å². The van der Waals surface area contributed by atoms with Crippen LogP contribution in [0.1, 0.15) is 27.2 Å². The van der Waals surface area contributed by atoms with E-state index in [2.05, 4.69) is 27.9 Å². The largest absolute Gasteiger partial charge is 0.444 e. The maximum absolute atomic E-state index is 12.5. The first kappa shape index (κ1) is 18.0. The number of likely N-dealkylation sites (tertiary alicyclic amines) is 1. The average Bonchev–Trinajstić information content (AvgIpc) is 2.82. The Labute approximate surface area is 149 Å². The molecule has 0 saturated carbocycles. The Morgan fingerprint density at radius 2 is 1.91 bits per heavy atom. The van der Waals surface area contributed by atoms with E-state index in [1.165, 1.54) is 4.90 Å². The van der Waals surface area contributed by atoms with Gasteiger partial charge < -0.3 is 15.2 Å². The van der Waals surface area contributed by atoms with E-state index in [1.807, 2.05) is 12.1 Å². The van der Waals surface area contributed by atoms with Gasteiger partial charge in [-0.2, -0.15) is 0 Å². The Balaban J connectivity index is 2.07. The molecule has 2 atom stereocenters. The van der Waals surface area contributed by atoms with Gasteiger partial charge in [-0.3, -0.25) is 9.69 Å². The Morgan fingerprint density at radius 1 is 1.30 bits per heavy atom. The number of amides is 2. The topological polar surface area (TPSA) is 78.9 Å². The van der Waals surface area contributed by atoms with Crippen molar-refractivity contribution >= 4 is 40.3 Å². The lowest BCUT2D eigenvalue weighted by Gasteiger charge is -2.27. The highest BCUT2D eigenvalue weighted by atomic mass is 127. The zero-order valence-corrected chi connectivity index (χ0v) is 15.5. The van der Waals surface area contributed by atoms with Crippen LogP contribution in [0.5, 0.6) is 0 Å². The zero-order valence-electron chi connectivity index (χ0n) is 13.4. The van der Waals surface area contributed by atoms with E-state index < -0.39 is 23.8 Å². The molecule has 23 heavy (non-hydrogen) atoms. The number of aliphatic hydroxyl groups excluding tert-OH is 1. The van der Waals surface area contributed by atoms with E-state index in [0.29, 0.717) is 5.69 Å². The van der Waals surface area contributed by atoms with E-state index in [-0.39, 0.29) is 18.9 Å². The molecule has 0 aromatic heterocycles. The predicted octanol–water partition coefficient (Wildman–Crippen LogP) is 2.60. The highest BCUT2D eigenvalue weighted by Crippen LogP contribution is 2.23. The molecule has 0 unspecified atom stereocenters. The number of carbonyl (C=O) groups excluding carboxylic acids is 2. The summed E-state index contributed by atoms with van der Waals surface area (Å²) in [6.45, 7) is 5.38. The molecule has 1 fully saturated rings. The number of nitrogens with one attached hydrogen (secondary N) is 1. The summed E-state index contributed by atoms with van der Waals surface area (Å²) in [7, 11) is 0. The number of benzene rings is 1. The first-order valence-electron chi connectivity index (χ1n) is 7.40. The molecule has 0 spiro atoms. The third-order valence-corrected chi connectivity index (χ3v) is 4.04. The van der Waals surface area contributed by atoms with Gasteiger partial charge in [-0.1, -0.05) is 0 Å². The summed E-state index contributed by atoms with van der Waals surface area (Å²) >= 11 is 2.18. The van der Waals surface area contributed by atoms with Gasteiger partial charge in [-0.05, 0) is 67.6 Å². The predicted molar refractivity (Wildman–Crippen MR) is 95.1 cm³/mol. The maximum Gasteiger partial charge on any atom is 0.411 e. The molecule has 1 aliphatic rings. The van der Waals surface area contributed by atoms with Crippen molar-refractivity contribution in [2.75, 3.05) is 11.9 Å². The molecular weight excluding hydrogens is 411 g/mol. The lowest BCUT2D eigenvalue weighted by atomic mass is 10.2. The normalized spacial score (nSPS) is 21.2. The highest BCUT2D eigenvalue weighted by molar-refractivity contribution is 14.1. The number of nitrogens with zero attached hydrogens (tertiary/aromatic N) is 1. The minimum Gasteiger partial charge on any atom is -0.444 e. The van der Waals surface area contributed by atoms with Crippen molar-refractivity contribution < 1.29 is 19.4 Å². The summed E-state index contributed by atoms with van der Waals surface area (Å²) in [5.41, 5.74) is 0.00263. The summed E-state index contributed by atoms with van der Waals surface area (Å²) in [5, 5.41) is 12.6. The smallest absolute Gasteiger partial charge is 0.411 e. The summed E-state index contributed by atoms with van der Waals surface area (Å²) in [6, 6.07) is 6.61. The molecule has 7 heteroatoms. The molecule has 0 bridgehead atoms. The maximum atomic E-state index is 12.5. The van der Waals surface area contributed by atoms with Gasteiger partial charge in [0.1, 0.15) is 11.6 Å². The summed E-state index contributed by atoms with van der Waals surface area (Å²) in [4.78, 5) is 26.0. The second kappa shape index (κ2) is 7.04. The lowest BCUT2D eigenvalue weighted by molar-refractivity contribution is -0.120. The molecule has 6 nitrogen and oxygen atoms in total. The number of hydrogen-bond acceptors (Lipinski definition) is 4. The van der Waals surface area contributed by atoms with Gasteiger partial charge >= 0.3 is 6.09 Å². The van der Waals surface area contributed by atoms with Crippen LogP contribution in [0.4, 0.5) is 10.5 Å². The Bertz CT molecular complexity index is 583. The molecule has 2 N–H and O–H groups in total. The Morgan fingerprint density at radius 3 is 2.48 bits per heavy atom. The van der Waals surface area contributed by atoms with Crippen LogP contribution in [0.25, 0.3) is 0 Å². The number of carbonyl (C=O) groups is 2. The van der Waals surface area contributed by atoms with Gasteiger partial charge in [0.05, 0.1) is 12.6 Å². The summed E-state index contributed by atoms with van der Waals surface area (Å²) in [5.74, 6) is -0.325. The van der Waals surface area contributed by atoms with Gasteiger partial charge in [0.15, 0.2) is 0 Å². The number of ether oxygens (including phenoxy) is 1. The standard InChI is InChI=1S/C16H21IN2O4/c1-16(2,3)23-15(22)19-9-12(20)8-13(19)14(21)18-11-6-4-10(17)5-7-11/h4-7,12-13,20H,8-9H2,1-3H3,(H,18,21)/t12-,13-/m1/s1. The molecule has 0 radical (unpaired) electrons. The van der Waals surface area contributed by atoms with Crippen LogP contribution in [-0.2, 0) is 9.53 Å².